The van der Waals surface area contributed by atoms with E-state index in [-0.39, 0.29) is 16.7 Å². The Morgan fingerprint density at radius 3 is 2.73 bits per heavy atom. The van der Waals surface area contributed by atoms with E-state index in [0.29, 0.717) is 24.7 Å². The normalized spacial score (nSPS) is 14.1. The van der Waals surface area contributed by atoms with Crippen molar-refractivity contribution >= 4 is 21.6 Å². The molecule has 0 unspecified atom stereocenters. The molecule has 22 heavy (non-hydrogen) atoms. The Labute approximate surface area is 132 Å². The molecule has 3 rings (SSSR count). The van der Waals surface area contributed by atoms with E-state index in [1.165, 1.54) is 10.9 Å². The smallest absolute Gasteiger partial charge is 0.261 e. The SMILES string of the molecule is Cn1cnc(S(=O)(=O)NCc2ccc3c(c2)OCCO3)c1Cl. The van der Waals surface area contributed by atoms with Crippen molar-refractivity contribution < 1.29 is 17.9 Å². The molecule has 7 nitrogen and oxygen atoms in total. The van der Waals surface area contributed by atoms with Crippen molar-refractivity contribution in [3.8, 4) is 11.5 Å². The fraction of sp³-hybridized carbons (Fsp3) is 0.308. The molecule has 0 aliphatic carbocycles. The first-order valence-corrected chi connectivity index (χ1v) is 8.38. The third kappa shape index (κ3) is 2.90. The Kier molecular flexibility index (Phi) is 3.98. The first-order valence-electron chi connectivity index (χ1n) is 6.52. The lowest BCUT2D eigenvalue weighted by Crippen LogP contribution is -2.24. The molecule has 2 aromatic rings. The zero-order chi connectivity index (χ0) is 15.7. The van der Waals surface area contributed by atoms with E-state index in [0.717, 1.165) is 5.56 Å². The van der Waals surface area contributed by atoms with Crippen molar-refractivity contribution in [3.63, 3.8) is 0 Å². The maximum absolute atomic E-state index is 12.2. The van der Waals surface area contributed by atoms with Crippen LogP contribution >= 0.6 is 11.6 Å². The Balaban J connectivity index is 1.76. The van der Waals surface area contributed by atoms with E-state index in [1.807, 2.05) is 0 Å². The summed E-state index contributed by atoms with van der Waals surface area (Å²) >= 11 is 5.91. The monoisotopic (exact) mass is 343 g/mol. The molecular weight excluding hydrogens is 330 g/mol. The average molecular weight is 344 g/mol. The summed E-state index contributed by atoms with van der Waals surface area (Å²) in [6, 6.07) is 5.28. The highest BCUT2D eigenvalue weighted by atomic mass is 35.5. The molecule has 1 N–H and O–H groups in total. The van der Waals surface area contributed by atoms with Crippen LogP contribution in [0.3, 0.4) is 0 Å². The zero-order valence-electron chi connectivity index (χ0n) is 11.7. The number of sulfonamides is 1. The van der Waals surface area contributed by atoms with Gasteiger partial charge in [-0.05, 0) is 17.7 Å². The number of rotatable bonds is 4. The minimum Gasteiger partial charge on any atom is -0.486 e. The molecule has 118 valence electrons. The van der Waals surface area contributed by atoms with Gasteiger partial charge in [-0.15, -0.1) is 0 Å². The predicted octanol–water partition coefficient (Wildman–Crippen LogP) is 1.32. The topological polar surface area (TPSA) is 82.5 Å². The molecule has 0 bridgehead atoms. The number of hydrogen-bond donors (Lipinski definition) is 1. The molecule has 9 heteroatoms. The van der Waals surface area contributed by atoms with E-state index in [2.05, 4.69) is 9.71 Å². The molecule has 0 saturated heterocycles. The molecule has 1 aromatic carbocycles. The minimum absolute atomic E-state index is 0.0645. The molecule has 0 atom stereocenters. The van der Waals surface area contributed by atoms with Gasteiger partial charge in [0, 0.05) is 13.6 Å². The van der Waals surface area contributed by atoms with Gasteiger partial charge in [0.2, 0.25) is 5.03 Å². The molecule has 0 spiro atoms. The molecule has 2 heterocycles. The summed E-state index contributed by atoms with van der Waals surface area (Å²) in [5.74, 6) is 1.27. The lowest BCUT2D eigenvalue weighted by molar-refractivity contribution is 0.171. The summed E-state index contributed by atoms with van der Waals surface area (Å²) in [5.41, 5.74) is 0.750. The average Bonchev–Trinajstić information content (AvgIpc) is 2.85. The van der Waals surface area contributed by atoms with Crippen LogP contribution in [0.2, 0.25) is 5.15 Å². The molecule has 1 aromatic heterocycles. The quantitative estimate of drug-likeness (QED) is 0.905. The number of imidazole rings is 1. The number of benzene rings is 1. The maximum Gasteiger partial charge on any atom is 0.261 e. The molecular formula is C13H14ClN3O4S. The van der Waals surface area contributed by atoms with Gasteiger partial charge in [-0.1, -0.05) is 17.7 Å². The lowest BCUT2D eigenvalue weighted by Gasteiger charge is -2.18. The molecule has 1 aliphatic rings. The maximum atomic E-state index is 12.2. The van der Waals surface area contributed by atoms with Crippen LogP contribution in [0.25, 0.3) is 0 Å². The van der Waals surface area contributed by atoms with Crippen LogP contribution in [0.4, 0.5) is 0 Å². The van der Waals surface area contributed by atoms with Crippen LogP contribution < -0.4 is 14.2 Å². The largest absolute Gasteiger partial charge is 0.486 e. The predicted molar refractivity (Wildman–Crippen MR) is 79.7 cm³/mol. The fourth-order valence-corrected chi connectivity index (χ4v) is 3.46. The summed E-state index contributed by atoms with van der Waals surface area (Å²) < 4.78 is 39.2. The van der Waals surface area contributed by atoms with Gasteiger partial charge in [0.25, 0.3) is 10.0 Å². The first-order chi connectivity index (χ1) is 10.5. The van der Waals surface area contributed by atoms with Crippen molar-refractivity contribution in [2.24, 2.45) is 7.05 Å². The number of fused-ring (bicyclic) bond motifs is 1. The van der Waals surface area contributed by atoms with Crippen LogP contribution in [0.15, 0.2) is 29.6 Å². The molecule has 0 radical (unpaired) electrons. The number of hydrogen-bond acceptors (Lipinski definition) is 5. The third-order valence-electron chi connectivity index (χ3n) is 3.16. The number of aryl methyl sites for hydroxylation is 1. The van der Waals surface area contributed by atoms with Crippen molar-refractivity contribution in [2.75, 3.05) is 13.2 Å². The second kappa shape index (κ2) is 5.79. The Morgan fingerprint density at radius 2 is 2.05 bits per heavy atom. The van der Waals surface area contributed by atoms with Gasteiger partial charge in [-0.3, -0.25) is 0 Å². The van der Waals surface area contributed by atoms with Gasteiger partial charge >= 0.3 is 0 Å². The van der Waals surface area contributed by atoms with E-state index in [9.17, 15) is 8.42 Å². The van der Waals surface area contributed by atoms with Crippen LogP contribution in [0.1, 0.15) is 5.56 Å². The van der Waals surface area contributed by atoms with E-state index in [1.54, 1.807) is 25.2 Å². The molecule has 1 aliphatic heterocycles. The van der Waals surface area contributed by atoms with Crippen molar-refractivity contribution in [1.82, 2.24) is 14.3 Å². The van der Waals surface area contributed by atoms with Crippen molar-refractivity contribution in [3.05, 3.63) is 35.2 Å². The van der Waals surface area contributed by atoms with Crippen LogP contribution in [-0.2, 0) is 23.6 Å². The van der Waals surface area contributed by atoms with Crippen molar-refractivity contribution in [2.45, 2.75) is 11.6 Å². The summed E-state index contributed by atoms with van der Waals surface area (Å²) in [7, 11) is -2.16. The second-order valence-electron chi connectivity index (χ2n) is 4.75. The molecule has 0 fully saturated rings. The molecule has 0 amide bonds. The lowest BCUT2D eigenvalue weighted by atomic mass is 10.2. The summed E-state index contributed by atoms with van der Waals surface area (Å²) in [4.78, 5) is 3.81. The van der Waals surface area contributed by atoms with Crippen molar-refractivity contribution in [1.29, 1.82) is 0 Å². The number of nitrogens with one attached hydrogen (secondary N) is 1. The minimum atomic E-state index is -3.78. The van der Waals surface area contributed by atoms with Gasteiger partial charge in [-0.2, -0.15) is 0 Å². The van der Waals surface area contributed by atoms with E-state index < -0.39 is 10.0 Å². The standard InChI is InChI=1S/C13H14ClN3O4S/c1-17-8-15-13(12(17)14)22(18,19)16-7-9-2-3-10-11(6-9)21-5-4-20-10/h2-3,6,8,16H,4-5,7H2,1H3. The van der Waals surface area contributed by atoms with Gasteiger partial charge < -0.3 is 14.0 Å². The number of halogens is 1. The summed E-state index contributed by atoms with van der Waals surface area (Å²) in [5, 5.41) is -0.121. The Hall–Kier alpha value is -1.77. The first kappa shape index (κ1) is 15.1. The van der Waals surface area contributed by atoms with E-state index >= 15 is 0 Å². The van der Waals surface area contributed by atoms with Crippen LogP contribution in [0, 0.1) is 0 Å². The summed E-state index contributed by atoms with van der Waals surface area (Å²) in [6.07, 6.45) is 1.35. The number of aromatic nitrogens is 2. The third-order valence-corrected chi connectivity index (χ3v) is 5.05. The van der Waals surface area contributed by atoms with Gasteiger partial charge in [0.1, 0.15) is 18.4 Å². The Morgan fingerprint density at radius 1 is 1.32 bits per heavy atom. The highest BCUT2D eigenvalue weighted by Crippen LogP contribution is 2.30. The zero-order valence-corrected chi connectivity index (χ0v) is 13.3. The van der Waals surface area contributed by atoms with Crippen LogP contribution in [0.5, 0.6) is 11.5 Å². The van der Waals surface area contributed by atoms with Gasteiger partial charge in [0.05, 0.1) is 6.33 Å². The van der Waals surface area contributed by atoms with E-state index in [4.69, 9.17) is 21.1 Å². The van der Waals surface area contributed by atoms with Gasteiger partial charge in [-0.25, -0.2) is 18.1 Å². The second-order valence-corrected chi connectivity index (χ2v) is 6.79. The highest BCUT2D eigenvalue weighted by Gasteiger charge is 2.22. The van der Waals surface area contributed by atoms with Gasteiger partial charge in [0.15, 0.2) is 11.5 Å². The Bertz CT molecular complexity index is 804. The number of nitrogens with zero attached hydrogens (tertiary/aromatic N) is 2. The number of ether oxygens (including phenoxy) is 2. The summed E-state index contributed by atoms with van der Waals surface area (Å²) in [6.45, 7) is 1.09. The molecule has 0 saturated carbocycles. The fourth-order valence-electron chi connectivity index (χ4n) is 2.02. The van der Waals surface area contributed by atoms with Crippen LogP contribution in [-0.4, -0.2) is 31.2 Å². The highest BCUT2D eigenvalue weighted by molar-refractivity contribution is 7.89.